The zero-order chi connectivity index (χ0) is 17.1. The van der Waals surface area contributed by atoms with Crippen molar-refractivity contribution in [1.29, 1.82) is 10.5 Å². The lowest BCUT2D eigenvalue weighted by atomic mass is 9.91. The third-order valence-corrected chi connectivity index (χ3v) is 3.91. The van der Waals surface area contributed by atoms with Crippen LogP contribution in [0.4, 0.5) is 0 Å². The maximum atomic E-state index is 8.88. The first kappa shape index (κ1) is 17.7. The van der Waals surface area contributed by atoms with Crippen LogP contribution in [-0.4, -0.2) is 13.1 Å². The number of nitriles is 2. The molecule has 0 aliphatic rings. The SMILES string of the molecule is N#CCCNC(Cc1ccccc1)(NCCC#N)c1ccccc1. The van der Waals surface area contributed by atoms with E-state index in [1.54, 1.807) is 0 Å². The van der Waals surface area contributed by atoms with Crippen LogP contribution in [0.1, 0.15) is 24.0 Å². The molecule has 122 valence electrons. The molecule has 0 bridgehead atoms. The van der Waals surface area contributed by atoms with Crippen LogP contribution in [-0.2, 0) is 12.1 Å². The van der Waals surface area contributed by atoms with Crippen molar-refractivity contribution in [3.63, 3.8) is 0 Å². The molecule has 2 aromatic rings. The van der Waals surface area contributed by atoms with E-state index in [0.29, 0.717) is 25.9 Å². The Morgan fingerprint density at radius 3 is 1.75 bits per heavy atom. The molecule has 2 N–H and O–H groups in total. The molecule has 4 nitrogen and oxygen atoms in total. The Balaban J connectivity index is 2.34. The van der Waals surface area contributed by atoms with E-state index < -0.39 is 5.66 Å². The van der Waals surface area contributed by atoms with E-state index in [9.17, 15) is 0 Å². The summed E-state index contributed by atoms with van der Waals surface area (Å²) < 4.78 is 0. The molecule has 0 spiro atoms. The summed E-state index contributed by atoms with van der Waals surface area (Å²) in [7, 11) is 0. The minimum atomic E-state index is -0.504. The normalized spacial score (nSPS) is 10.8. The molecule has 0 radical (unpaired) electrons. The van der Waals surface area contributed by atoms with Crippen molar-refractivity contribution in [2.24, 2.45) is 0 Å². The van der Waals surface area contributed by atoms with Gasteiger partial charge in [-0.05, 0) is 11.1 Å². The summed E-state index contributed by atoms with van der Waals surface area (Å²) in [6.07, 6.45) is 1.60. The van der Waals surface area contributed by atoms with E-state index in [0.717, 1.165) is 12.0 Å². The van der Waals surface area contributed by atoms with E-state index in [-0.39, 0.29) is 0 Å². The van der Waals surface area contributed by atoms with Crippen LogP contribution in [0.5, 0.6) is 0 Å². The van der Waals surface area contributed by atoms with Crippen LogP contribution >= 0.6 is 0 Å². The fourth-order valence-electron chi connectivity index (χ4n) is 2.78. The maximum absolute atomic E-state index is 8.88. The Hall–Kier alpha value is -2.66. The van der Waals surface area contributed by atoms with Crippen LogP contribution in [0.15, 0.2) is 60.7 Å². The Labute approximate surface area is 143 Å². The van der Waals surface area contributed by atoms with Gasteiger partial charge in [0, 0.05) is 32.4 Å². The van der Waals surface area contributed by atoms with E-state index in [1.807, 2.05) is 36.4 Å². The molecule has 0 aromatic heterocycles. The Morgan fingerprint density at radius 1 is 0.750 bits per heavy atom. The minimum absolute atomic E-state index is 0.434. The van der Waals surface area contributed by atoms with Crippen LogP contribution in [0.3, 0.4) is 0 Å². The standard InChI is InChI=1S/C20H22N4/c21-13-7-15-23-20(24-16-8-14-22,19-11-5-2-6-12-19)17-18-9-3-1-4-10-18/h1-6,9-12,23-24H,7-8,15-17H2. The summed E-state index contributed by atoms with van der Waals surface area (Å²) in [5.74, 6) is 0. The first-order valence-electron chi connectivity index (χ1n) is 8.14. The van der Waals surface area contributed by atoms with Crippen LogP contribution in [0, 0.1) is 22.7 Å². The highest BCUT2D eigenvalue weighted by Crippen LogP contribution is 2.23. The van der Waals surface area contributed by atoms with Crippen LogP contribution < -0.4 is 10.6 Å². The van der Waals surface area contributed by atoms with Gasteiger partial charge in [-0.1, -0.05) is 60.7 Å². The van der Waals surface area contributed by atoms with Crippen molar-refractivity contribution in [2.45, 2.75) is 24.9 Å². The first-order valence-corrected chi connectivity index (χ1v) is 8.14. The molecule has 0 aliphatic heterocycles. The van der Waals surface area contributed by atoms with Crippen LogP contribution in [0.2, 0.25) is 0 Å². The molecule has 0 aliphatic carbocycles. The van der Waals surface area contributed by atoms with E-state index in [2.05, 4.69) is 47.0 Å². The fraction of sp³-hybridized carbons (Fsp3) is 0.300. The molecule has 2 aromatic carbocycles. The Kier molecular flexibility index (Phi) is 6.98. The van der Waals surface area contributed by atoms with Gasteiger partial charge in [-0.25, -0.2) is 0 Å². The van der Waals surface area contributed by atoms with Crippen molar-refractivity contribution >= 4 is 0 Å². The number of benzene rings is 2. The van der Waals surface area contributed by atoms with Gasteiger partial charge in [0.05, 0.1) is 17.8 Å². The average molecular weight is 318 g/mol. The Morgan fingerprint density at radius 2 is 1.25 bits per heavy atom. The number of rotatable bonds is 9. The molecule has 4 heteroatoms. The molecule has 0 atom stereocenters. The van der Waals surface area contributed by atoms with E-state index in [1.165, 1.54) is 5.56 Å². The summed E-state index contributed by atoms with van der Waals surface area (Å²) in [6.45, 7) is 1.16. The monoisotopic (exact) mass is 318 g/mol. The van der Waals surface area contributed by atoms with Gasteiger partial charge in [0.2, 0.25) is 0 Å². The van der Waals surface area contributed by atoms with Gasteiger partial charge in [0.1, 0.15) is 0 Å². The summed E-state index contributed by atoms with van der Waals surface area (Å²) >= 11 is 0. The highest BCUT2D eigenvalue weighted by Gasteiger charge is 2.31. The Bertz CT molecular complexity index is 663. The largest absolute Gasteiger partial charge is 0.294 e. The lowest BCUT2D eigenvalue weighted by Gasteiger charge is -2.37. The molecular formula is C20H22N4. The van der Waals surface area contributed by atoms with Gasteiger partial charge >= 0.3 is 0 Å². The predicted octanol–water partition coefficient (Wildman–Crippen LogP) is 3.09. The molecule has 0 saturated carbocycles. The fourth-order valence-corrected chi connectivity index (χ4v) is 2.78. The first-order chi connectivity index (χ1) is 11.8. The number of nitrogens with one attached hydrogen (secondary N) is 2. The lowest BCUT2D eigenvalue weighted by molar-refractivity contribution is 0.262. The van der Waals surface area contributed by atoms with Crippen molar-refractivity contribution in [3.8, 4) is 12.1 Å². The van der Waals surface area contributed by atoms with Gasteiger partial charge < -0.3 is 0 Å². The highest BCUT2D eigenvalue weighted by atomic mass is 15.2. The van der Waals surface area contributed by atoms with Crippen molar-refractivity contribution < 1.29 is 0 Å². The quantitative estimate of drug-likeness (QED) is 0.550. The second kappa shape index (κ2) is 9.47. The zero-order valence-electron chi connectivity index (χ0n) is 13.7. The number of hydrogen-bond donors (Lipinski definition) is 2. The molecule has 0 unspecified atom stereocenters. The number of nitrogens with zero attached hydrogens (tertiary/aromatic N) is 2. The van der Waals surface area contributed by atoms with Gasteiger partial charge in [0.25, 0.3) is 0 Å². The molecule has 0 saturated heterocycles. The number of hydrogen-bond acceptors (Lipinski definition) is 4. The molecular weight excluding hydrogens is 296 g/mol. The van der Waals surface area contributed by atoms with E-state index >= 15 is 0 Å². The third kappa shape index (κ3) is 4.93. The summed E-state index contributed by atoms with van der Waals surface area (Å²) in [5.41, 5.74) is 1.79. The third-order valence-electron chi connectivity index (χ3n) is 3.91. The van der Waals surface area contributed by atoms with Crippen molar-refractivity contribution in [2.75, 3.05) is 13.1 Å². The van der Waals surface area contributed by atoms with Gasteiger partial charge in [-0.3, -0.25) is 10.6 Å². The van der Waals surface area contributed by atoms with Gasteiger partial charge in [0.15, 0.2) is 0 Å². The summed E-state index contributed by atoms with van der Waals surface area (Å²) in [6, 6.07) is 24.7. The second-order valence-corrected chi connectivity index (χ2v) is 5.60. The van der Waals surface area contributed by atoms with Gasteiger partial charge in [-0.2, -0.15) is 10.5 Å². The second-order valence-electron chi connectivity index (χ2n) is 5.60. The van der Waals surface area contributed by atoms with Crippen molar-refractivity contribution in [3.05, 3.63) is 71.8 Å². The highest BCUT2D eigenvalue weighted by molar-refractivity contribution is 5.28. The molecule has 0 amide bonds. The summed E-state index contributed by atoms with van der Waals surface area (Å²) in [5, 5.41) is 24.8. The van der Waals surface area contributed by atoms with Crippen LogP contribution in [0.25, 0.3) is 0 Å². The molecule has 24 heavy (non-hydrogen) atoms. The molecule has 2 rings (SSSR count). The molecule has 0 fully saturated rings. The van der Waals surface area contributed by atoms with E-state index in [4.69, 9.17) is 10.5 Å². The lowest BCUT2D eigenvalue weighted by Crippen LogP contribution is -2.56. The zero-order valence-corrected chi connectivity index (χ0v) is 13.7. The topological polar surface area (TPSA) is 71.6 Å². The summed E-state index contributed by atoms with van der Waals surface area (Å²) in [4.78, 5) is 0. The predicted molar refractivity (Wildman–Crippen MR) is 94.7 cm³/mol. The maximum Gasteiger partial charge on any atom is 0.0991 e. The molecule has 0 heterocycles. The smallest absolute Gasteiger partial charge is 0.0991 e. The minimum Gasteiger partial charge on any atom is -0.294 e. The average Bonchev–Trinajstić information content (AvgIpc) is 2.63. The van der Waals surface area contributed by atoms with Gasteiger partial charge in [-0.15, -0.1) is 0 Å². The van der Waals surface area contributed by atoms with Crippen molar-refractivity contribution in [1.82, 2.24) is 10.6 Å².